The van der Waals surface area contributed by atoms with Crippen LogP contribution in [0.4, 0.5) is 0 Å². The van der Waals surface area contributed by atoms with Gasteiger partial charge >= 0.3 is 0 Å². The minimum atomic E-state index is -0.617. The second-order valence-electron chi connectivity index (χ2n) is 6.66. The third-order valence-corrected chi connectivity index (χ3v) is 4.78. The summed E-state index contributed by atoms with van der Waals surface area (Å²) >= 11 is 0. The average molecular weight is 304 g/mol. The number of hydrogen-bond donors (Lipinski definition) is 2. The molecule has 0 saturated heterocycles. The molecule has 0 bridgehead atoms. The van der Waals surface area contributed by atoms with Crippen molar-refractivity contribution in [3.63, 3.8) is 0 Å². The molecule has 4 nitrogen and oxygen atoms in total. The highest BCUT2D eigenvalue weighted by Crippen LogP contribution is 2.30. The Morgan fingerprint density at radius 2 is 1.86 bits per heavy atom. The molecule has 1 aliphatic carbocycles. The van der Waals surface area contributed by atoms with Crippen LogP contribution >= 0.6 is 0 Å². The molecule has 1 aromatic carbocycles. The molecule has 1 fully saturated rings. The van der Waals surface area contributed by atoms with Crippen LogP contribution in [0.15, 0.2) is 30.3 Å². The Balaban J connectivity index is 1.88. The number of hydrogen-bond acceptors (Lipinski definition) is 3. The summed E-state index contributed by atoms with van der Waals surface area (Å²) in [6.07, 6.45) is 3.84. The highest BCUT2D eigenvalue weighted by atomic mass is 16.3. The molecule has 0 radical (unpaired) electrons. The maximum absolute atomic E-state index is 12.4. The maximum atomic E-state index is 12.4. The first kappa shape index (κ1) is 17.0. The van der Waals surface area contributed by atoms with Crippen molar-refractivity contribution in [1.29, 1.82) is 0 Å². The van der Waals surface area contributed by atoms with E-state index in [1.807, 2.05) is 56.1 Å². The van der Waals surface area contributed by atoms with Gasteiger partial charge in [-0.25, -0.2) is 0 Å². The van der Waals surface area contributed by atoms with Crippen molar-refractivity contribution in [3.05, 3.63) is 35.9 Å². The van der Waals surface area contributed by atoms with Gasteiger partial charge in [0.2, 0.25) is 5.91 Å². The first-order chi connectivity index (χ1) is 10.4. The molecule has 22 heavy (non-hydrogen) atoms. The molecule has 1 amide bonds. The van der Waals surface area contributed by atoms with Gasteiger partial charge in [-0.2, -0.15) is 0 Å². The first-order valence-corrected chi connectivity index (χ1v) is 8.19. The van der Waals surface area contributed by atoms with Crippen molar-refractivity contribution in [1.82, 2.24) is 10.2 Å². The molecule has 1 saturated carbocycles. The Kier molecular flexibility index (Phi) is 5.59. The number of benzene rings is 1. The molecular formula is C18H28N2O2. The van der Waals surface area contributed by atoms with E-state index in [2.05, 4.69) is 5.32 Å². The zero-order valence-electron chi connectivity index (χ0n) is 13.9. The molecule has 0 heterocycles. The van der Waals surface area contributed by atoms with Gasteiger partial charge in [0.15, 0.2) is 0 Å². The third-order valence-electron chi connectivity index (χ3n) is 4.78. The van der Waals surface area contributed by atoms with E-state index in [4.69, 9.17) is 0 Å². The van der Waals surface area contributed by atoms with Crippen molar-refractivity contribution in [3.8, 4) is 0 Å². The molecule has 1 aromatic rings. The van der Waals surface area contributed by atoms with Gasteiger partial charge in [0.25, 0.3) is 0 Å². The molecule has 1 aliphatic rings. The summed E-state index contributed by atoms with van der Waals surface area (Å²) in [5, 5.41) is 13.5. The Morgan fingerprint density at radius 1 is 1.27 bits per heavy atom. The van der Waals surface area contributed by atoms with E-state index >= 15 is 0 Å². The van der Waals surface area contributed by atoms with E-state index in [1.165, 1.54) is 0 Å². The van der Waals surface area contributed by atoms with E-state index in [9.17, 15) is 9.90 Å². The fraction of sp³-hybridized carbons (Fsp3) is 0.611. The van der Waals surface area contributed by atoms with Crippen LogP contribution in [0.5, 0.6) is 0 Å². The second-order valence-corrected chi connectivity index (χ2v) is 6.66. The predicted octanol–water partition coefficient (Wildman–Crippen LogP) is 2.49. The summed E-state index contributed by atoms with van der Waals surface area (Å²) in [6.45, 7) is 4.44. The summed E-state index contributed by atoms with van der Waals surface area (Å²) in [5.74, 6) is 0.000417. The fourth-order valence-corrected chi connectivity index (χ4v) is 3.15. The van der Waals surface area contributed by atoms with Crippen molar-refractivity contribution in [2.75, 3.05) is 13.6 Å². The number of rotatable bonds is 6. The number of carbonyl (C=O) groups excluding carboxylic acids is 1. The van der Waals surface area contributed by atoms with Crippen LogP contribution in [-0.4, -0.2) is 41.1 Å². The van der Waals surface area contributed by atoms with E-state index in [1.54, 1.807) is 0 Å². The van der Waals surface area contributed by atoms with Gasteiger partial charge in [0.1, 0.15) is 0 Å². The Labute approximate surface area is 133 Å². The molecule has 2 atom stereocenters. The Hall–Kier alpha value is -1.39. The number of aliphatic hydroxyl groups is 1. The standard InChI is InChI=1S/C18H28N2O2/c1-14(16-9-5-4-6-10-16)19-17(21)15(2)20(3)13-18(22)11-7-8-12-18/h4-6,9-10,14-15,22H,7-8,11-13H2,1-3H3,(H,19,21)/t14-,15-/m0/s1. The highest BCUT2D eigenvalue weighted by molar-refractivity contribution is 5.81. The van der Waals surface area contributed by atoms with Crippen molar-refractivity contribution in [2.45, 2.75) is 57.2 Å². The summed E-state index contributed by atoms with van der Waals surface area (Å²) in [4.78, 5) is 14.4. The van der Waals surface area contributed by atoms with Crippen LogP contribution in [0.1, 0.15) is 51.1 Å². The maximum Gasteiger partial charge on any atom is 0.237 e. The van der Waals surface area contributed by atoms with Gasteiger partial charge in [-0.3, -0.25) is 9.69 Å². The smallest absolute Gasteiger partial charge is 0.237 e. The lowest BCUT2D eigenvalue weighted by Gasteiger charge is -2.32. The number of nitrogens with zero attached hydrogens (tertiary/aromatic N) is 1. The number of nitrogens with one attached hydrogen (secondary N) is 1. The Bertz CT molecular complexity index is 483. The zero-order chi connectivity index (χ0) is 16.2. The van der Waals surface area contributed by atoms with Gasteiger partial charge in [0, 0.05) is 6.54 Å². The predicted molar refractivity (Wildman–Crippen MR) is 88.5 cm³/mol. The van der Waals surface area contributed by atoms with Crippen molar-refractivity contribution >= 4 is 5.91 Å². The molecule has 2 rings (SSSR count). The average Bonchev–Trinajstić information content (AvgIpc) is 2.93. The van der Waals surface area contributed by atoms with Crippen LogP contribution < -0.4 is 5.32 Å². The topological polar surface area (TPSA) is 52.6 Å². The van der Waals surface area contributed by atoms with E-state index < -0.39 is 5.60 Å². The van der Waals surface area contributed by atoms with E-state index in [-0.39, 0.29) is 18.0 Å². The van der Waals surface area contributed by atoms with Crippen LogP contribution in [0.2, 0.25) is 0 Å². The third kappa shape index (κ3) is 4.31. The van der Waals surface area contributed by atoms with Gasteiger partial charge < -0.3 is 10.4 Å². The lowest BCUT2D eigenvalue weighted by molar-refractivity contribution is -0.127. The molecule has 0 aliphatic heterocycles. The molecular weight excluding hydrogens is 276 g/mol. The molecule has 2 N–H and O–H groups in total. The SMILES string of the molecule is C[C@H](NC(=O)[C@H](C)N(C)CC1(O)CCCC1)c1ccccc1. The van der Waals surface area contributed by atoms with E-state index in [0.717, 1.165) is 31.2 Å². The lowest BCUT2D eigenvalue weighted by Crippen LogP contribution is -2.49. The lowest BCUT2D eigenvalue weighted by atomic mass is 10.0. The van der Waals surface area contributed by atoms with Crippen LogP contribution in [0.25, 0.3) is 0 Å². The van der Waals surface area contributed by atoms with Gasteiger partial charge in [-0.1, -0.05) is 43.2 Å². The van der Waals surface area contributed by atoms with Gasteiger partial charge in [-0.05, 0) is 39.3 Å². The molecule has 0 aromatic heterocycles. The van der Waals surface area contributed by atoms with Crippen molar-refractivity contribution in [2.24, 2.45) is 0 Å². The van der Waals surface area contributed by atoms with E-state index in [0.29, 0.717) is 6.54 Å². The first-order valence-electron chi connectivity index (χ1n) is 8.19. The molecule has 122 valence electrons. The number of carbonyl (C=O) groups is 1. The number of amides is 1. The molecule has 0 unspecified atom stereocenters. The summed E-state index contributed by atoms with van der Waals surface area (Å²) in [7, 11) is 1.91. The zero-order valence-corrected chi connectivity index (χ0v) is 13.9. The number of likely N-dealkylation sites (N-methyl/N-ethyl adjacent to an activating group) is 1. The van der Waals surface area contributed by atoms with Crippen LogP contribution in [0.3, 0.4) is 0 Å². The molecule has 4 heteroatoms. The highest BCUT2D eigenvalue weighted by Gasteiger charge is 2.34. The van der Waals surface area contributed by atoms with Crippen LogP contribution in [0, 0.1) is 0 Å². The van der Waals surface area contributed by atoms with Gasteiger partial charge in [0.05, 0.1) is 17.7 Å². The molecule has 0 spiro atoms. The fourth-order valence-electron chi connectivity index (χ4n) is 3.15. The summed E-state index contributed by atoms with van der Waals surface area (Å²) in [6, 6.07) is 9.68. The summed E-state index contributed by atoms with van der Waals surface area (Å²) in [5.41, 5.74) is 0.481. The largest absolute Gasteiger partial charge is 0.389 e. The minimum absolute atomic E-state index is 0.000417. The summed E-state index contributed by atoms with van der Waals surface area (Å²) < 4.78 is 0. The van der Waals surface area contributed by atoms with Gasteiger partial charge in [-0.15, -0.1) is 0 Å². The van der Waals surface area contributed by atoms with Crippen molar-refractivity contribution < 1.29 is 9.90 Å². The quantitative estimate of drug-likeness (QED) is 0.849. The van der Waals surface area contributed by atoms with Crippen LogP contribution in [-0.2, 0) is 4.79 Å². The second kappa shape index (κ2) is 7.25. The monoisotopic (exact) mass is 304 g/mol. The Morgan fingerprint density at radius 3 is 2.45 bits per heavy atom. The normalized spacial score (nSPS) is 19.9. The minimum Gasteiger partial charge on any atom is -0.389 e.